The van der Waals surface area contributed by atoms with Crippen molar-refractivity contribution in [3.63, 3.8) is 0 Å². The van der Waals surface area contributed by atoms with E-state index in [2.05, 4.69) is 6.58 Å². The topological polar surface area (TPSA) is 64.7 Å². The smallest absolute Gasteiger partial charge is 0.200 e. The van der Waals surface area contributed by atoms with Crippen LogP contribution >= 0.6 is 0 Å². The summed E-state index contributed by atoms with van der Waals surface area (Å²) in [4.78, 5) is 0. The van der Waals surface area contributed by atoms with Gasteiger partial charge in [-0.15, -0.1) is 6.58 Å². The van der Waals surface area contributed by atoms with Crippen LogP contribution < -0.4 is 15.2 Å². The number of rotatable bonds is 6. The summed E-state index contributed by atoms with van der Waals surface area (Å²) < 4.78 is 10.2. The highest BCUT2D eigenvalue weighted by Crippen LogP contribution is 2.38. The summed E-state index contributed by atoms with van der Waals surface area (Å²) in [7, 11) is 2.99. The Hall–Kier alpha value is -1.68. The van der Waals surface area contributed by atoms with E-state index < -0.39 is 0 Å². The van der Waals surface area contributed by atoms with Gasteiger partial charge in [-0.2, -0.15) is 0 Å². The maximum Gasteiger partial charge on any atom is 0.200 e. The van der Waals surface area contributed by atoms with Crippen molar-refractivity contribution in [2.45, 2.75) is 18.9 Å². The Morgan fingerprint density at radius 1 is 1.35 bits per heavy atom. The molecule has 1 aromatic rings. The van der Waals surface area contributed by atoms with E-state index >= 15 is 0 Å². The lowest BCUT2D eigenvalue weighted by Crippen LogP contribution is -2.10. The number of benzene rings is 1. The predicted octanol–water partition coefficient (Wildman–Crippen LogP) is 2.38. The quantitative estimate of drug-likeness (QED) is 0.745. The minimum atomic E-state index is -0.128. The third-order valence-electron chi connectivity index (χ3n) is 2.61. The van der Waals surface area contributed by atoms with Gasteiger partial charge in [0.2, 0.25) is 5.75 Å². The van der Waals surface area contributed by atoms with Crippen molar-refractivity contribution in [1.29, 1.82) is 0 Å². The molecule has 0 amide bonds. The largest absolute Gasteiger partial charge is 0.502 e. The molecule has 3 N–H and O–H groups in total. The molecule has 1 rings (SSSR count). The Labute approximate surface area is 102 Å². The number of methoxy groups -OCH3 is 2. The average molecular weight is 237 g/mol. The van der Waals surface area contributed by atoms with Gasteiger partial charge < -0.3 is 20.3 Å². The first-order chi connectivity index (χ1) is 8.13. The second kappa shape index (κ2) is 6.15. The third kappa shape index (κ3) is 3.14. The maximum atomic E-state index is 9.76. The van der Waals surface area contributed by atoms with Crippen LogP contribution in [0.1, 0.15) is 24.4 Å². The van der Waals surface area contributed by atoms with Gasteiger partial charge in [-0.3, -0.25) is 0 Å². The molecule has 0 saturated heterocycles. The van der Waals surface area contributed by atoms with E-state index in [1.165, 1.54) is 14.2 Å². The number of ether oxygens (including phenoxy) is 2. The zero-order chi connectivity index (χ0) is 12.8. The molecule has 0 saturated carbocycles. The zero-order valence-electron chi connectivity index (χ0n) is 10.3. The molecule has 1 atom stereocenters. The number of hydrogen-bond donors (Lipinski definition) is 2. The molecule has 0 aliphatic rings. The van der Waals surface area contributed by atoms with Gasteiger partial charge in [0.05, 0.1) is 14.2 Å². The molecule has 0 unspecified atom stereocenters. The van der Waals surface area contributed by atoms with Crippen molar-refractivity contribution >= 4 is 0 Å². The highest BCUT2D eigenvalue weighted by molar-refractivity contribution is 5.53. The van der Waals surface area contributed by atoms with E-state index in [-0.39, 0.29) is 11.8 Å². The summed E-state index contributed by atoms with van der Waals surface area (Å²) in [6.07, 6.45) is 3.46. The molecular weight excluding hydrogens is 218 g/mol. The monoisotopic (exact) mass is 237 g/mol. The SMILES string of the molecule is C=CCC[C@H](N)c1cc(OC)c(O)c(OC)c1. The molecule has 0 aromatic heterocycles. The number of allylic oxidation sites excluding steroid dienone is 1. The molecule has 4 nitrogen and oxygen atoms in total. The Morgan fingerprint density at radius 2 is 1.88 bits per heavy atom. The fourth-order valence-corrected chi connectivity index (χ4v) is 1.59. The van der Waals surface area contributed by atoms with Crippen LogP contribution in [0.2, 0.25) is 0 Å². The Morgan fingerprint density at radius 3 is 2.29 bits per heavy atom. The summed E-state index contributed by atoms with van der Waals surface area (Å²) in [6.45, 7) is 3.66. The van der Waals surface area contributed by atoms with Gasteiger partial charge in [0.1, 0.15) is 0 Å². The van der Waals surface area contributed by atoms with Crippen LogP contribution in [0.25, 0.3) is 0 Å². The average Bonchev–Trinajstić information content (AvgIpc) is 2.36. The van der Waals surface area contributed by atoms with Crippen molar-refractivity contribution in [1.82, 2.24) is 0 Å². The standard InChI is InChI=1S/C13H19NO3/c1-4-5-6-10(14)9-7-11(16-2)13(15)12(8-9)17-3/h4,7-8,10,15H,1,5-6,14H2,2-3H3/t10-/m0/s1. The van der Waals surface area contributed by atoms with Crippen molar-refractivity contribution in [3.05, 3.63) is 30.4 Å². The predicted molar refractivity (Wildman–Crippen MR) is 67.6 cm³/mol. The minimum Gasteiger partial charge on any atom is -0.502 e. The van der Waals surface area contributed by atoms with E-state index in [1.54, 1.807) is 12.1 Å². The first-order valence-electron chi connectivity index (χ1n) is 5.45. The lowest BCUT2D eigenvalue weighted by atomic mass is 10.0. The molecule has 0 aliphatic carbocycles. The minimum absolute atomic E-state index is 0.00493. The molecule has 4 heteroatoms. The Balaban J connectivity index is 3.03. The van der Waals surface area contributed by atoms with Crippen molar-refractivity contribution < 1.29 is 14.6 Å². The second-order valence-electron chi connectivity index (χ2n) is 3.75. The van der Waals surface area contributed by atoms with E-state index in [4.69, 9.17) is 15.2 Å². The number of phenolic OH excluding ortho intramolecular Hbond substituents is 1. The number of nitrogens with two attached hydrogens (primary N) is 1. The maximum absolute atomic E-state index is 9.76. The van der Waals surface area contributed by atoms with Gasteiger partial charge in [0, 0.05) is 6.04 Å². The summed E-state index contributed by atoms with van der Waals surface area (Å²) >= 11 is 0. The Kier molecular flexibility index (Phi) is 4.84. The van der Waals surface area contributed by atoms with Crippen LogP contribution in [0, 0.1) is 0 Å². The highest BCUT2D eigenvalue weighted by atomic mass is 16.5. The van der Waals surface area contributed by atoms with E-state index in [9.17, 15) is 5.11 Å². The van der Waals surface area contributed by atoms with Crippen molar-refractivity contribution in [2.75, 3.05) is 14.2 Å². The van der Waals surface area contributed by atoms with Gasteiger partial charge in [-0.05, 0) is 30.5 Å². The van der Waals surface area contributed by atoms with E-state index in [1.807, 2.05) is 6.08 Å². The lowest BCUT2D eigenvalue weighted by molar-refractivity contribution is 0.338. The van der Waals surface area contributed by atoms with Crippen molar-refractivity contribution in [3.8, 4) is 17.2 Å². The van der Waals surface area contributed by atoms with E-state index in [0.29, 0.717) is 11.5 Å². The molecule has 0 bridgehead atoms. The molecule has 0 spiro atoms. The van der Waals surface area contributed by atoms with Crippen LogP contribution in [0.3, 0.4) is 0 Å². The highest BCUT2D eigenvalue weighted by Gasteiger charge is 2.14. The first-order valence-corrected chi connectivity index (χ1v) is 5.45. The van der Waals surface area contributed by atoms with E-state index in [0.717, 1.165) is 18.4 Å². The van der Waals surface area contributed by atoms with Gasteiger partial charge in [0.15, 0.2) is 11.5 Å². The van der Waals surface area contributed by atoms with Crippen LogP contribution in [0.4, 0.5) is 0 Å². The van der Waals surface area contributed by atoms with Crippen LogP contribution in [0.15, 0.2) is 24.8 Å². The normalized spacial score (nSPS) is 11.9. The number of hydrogen-bond acceptors (Lipinski definition) is 4. The number of aromatic hydroxyl groups is 1. The molecule has 0 heterocycles. The second-order valence-corrected chi connectivity index (χ2v) is 3.75. The van der Waals surface area contributed by atoms with Crippen LogP contribution in [-0.4, -0.2) is 19.3 Å². The van der Waals surface area contributed by atoms with Crippen LogP contribution in [-0.2, 0) is 0 Å². The van der Waals surface area contributed by atoms with Gasteiger partial charge >= 0.3 is 0 Å². The van der Waals surface area contributed by atoms with Gasteiger partial charge in [0.25, 0.3) is 0 Å². The summed E-state index contributed by atoms with van der Waals surface area (Å²) in [5.74, 6) is 0.733. The fraction of sp³-hybridized carbons (Fsp3) is 0.385. The molecule has 17 heavy (non-hydrogen) atoms. The molecule has 94 valence electrons. The first kappa shape index (κ1) is 13.4. The number of phenols is 1. The van der Waals surface area contributed by atoms with Gasteiger partial charge in [-0.1, -0.05) is 6.08 Å². The third-order valence-corrected chi connectivity index (χ3v) is 2.61. The Bertz CT molecular complexity index is 365. The summed E-state index contributed by atoms with van der Waals surface area (Å²) in [6, 6.07) is 3.33. The van der Waals surface area contributed by atoms with Crippen molar-refractivity contribution in [2.24, 2.45) is 5.73 Å². The lowest BCUT2D eigenvalue weighted by Gasteiger charge is -2.15. The molecule has 0 fully saturated rings. The molecule has 0 aliphatic heterocycles. The fourth-order valence-electron chi connectivity index (χ4n) is 1.59. The van der Waals surface area contributed by atoms with Gasteiger partial charge in [-0.25, -0.2) is 0 Å². The summed E-state index contributed by atoms with van der Waals surface area (Å²) in [5.41, 5.74) is 6.91. The molecular formula is C13H19NO3. The summed E-state index contributed by atoms with van der Waals surface area (Å²) in [5, 5.41) is 9.76. The zero-order valence-corrected chi connectivity index (χ0v) is 10.3. The molecule has 0 radical (unpaired) electrons. The van der Waals surface area contributed by atoms with Crippen LogP contribution in [0.5, 0.6) is 17.2 Å². The molecule has 1 aromatic carbocycles.